The molecule has 0 aliphatic carbocycles. The average Bonchev–Trinajstić information content (AvgIpc) is 4.19. The summed E-state index contributed by atoms with van der Waals surface area (Å²) in [4.78, 5) is 101. The molecule has 23 heteroatoms. The largest absolute Gasteiger partial charge is 0.382 e. The van der Waals surface area contributed by atoms with Crippen LogP contribution in [0.3, 0.4) is 0 Å². The highest BCUT2D eigenvalue weighted by Crippen LogP contribution is 2.29. The molecule has 0 radical (unpaired) electrons. The first-order valence-corrected chi connectivity index (χ1v) is 29.7. The highest BCUT2D eigenvalue weighted by atomic mass is 16.6. The number of nitrogens with one attached hydrogen (secondary N) is 1. The Morgan fingerprint density at radius 3 is 1.46 bits per heavy atom. The number of carbonyl (C=O) groups excluding carboxylic acids is 2. The van der Waals surface area contributed by atoms with Crippen LogP contribution in [-0.2, 0) is 60.6 Å². The average molecular weight is 1180 g/mol. The Morgan fingerprint density at radius 2 is 0.976 bits per heavy atom. The highest BCUT2D eigenvalue weighted by molar-refractivity contribution is 6.04. The van der Waals surface area contributed by atoms with Gasteiger partial charge in [0.05, 0.1) is 32.3 Å². The van der Waals surface area contributed by atoms with Crippen LogP contribution in [0.5, 0.6) is 0 Å². The lowest BCUT2D eigenvalue weighted by molar-refractivity contribution is -0.161. The number of H-pyrrole nitrogens is 1. The van der Waals surface area contributed by atoms with Gasteiger partial charge in [0.15, 0.2) is 24.9 Å². The fourth-order valence-electron chi connectivity index (χ4n) is 9.68. The molecule has 1 N–H and O–H groups in total. The Morgan fingerprint density at radius 1 is 0.524 bits per heavy atom. The number of likely N-dealkylation sites (tertiary alicyclic amines) is 1. The molecule has 8 rings (SSSR count). The first-order chi connectivity index (χ1) is 40.4. The standard InChI is InChI=1S/C19H31NO4.C16H24N2O4.2C13H18N2O4/c1-4-6-8-16-18(21)14(3)12-20(19(16)22)17-10-9-15(24-17)13-23-11-7-5-2;1-4-8-17-15(19)12(3)10-18(16(17)20)14-7-6-13(22-14)11-21-9-5-2;1-4-14-12(16)9(2)7-15(13(14)17)11-6-5-10(19-11)8-18-3;1-3-6-18-8-10-4-5-11(19-10)15-7-9(2)12(16)14-13(15)17/h9-10,14-17H,4-8,11-13H2,1-3H3;6-7,10,13-14H,4-5,8-9,11H2,1-3H3;5-7,10-11H,4,8H2,1-3H3;4-5,7,10-11H,3,6,8H2,1-2H3,(H,14,16,17)/t14?,15-,16?,17+;13-,14+;2*10-,11+/m0000/s1. The van der Waals surface area contributed by atoms with E-state index in [2.05, 4.69) is 18.8 Å². The van der Waals surface area contributed by atoms with Crippen molar-refractivity contribution in [3.63, 3.8) is 0 Å². The van der Waals surface area contributed by atoms with Gasteiger partial charge in [0, 0.05) is 87.8 Å². The van der Waals surface area contributed by atoms with Gasteiger partial charge in [-0.15, -0.1) is 0 Å². The zero-order chi connectivity index (χ0) is 61.5. The summed E-state index contributed by atoms with van der Waals surface area (Å²) in [6.45, 7) is 24.2. The van der Waals surface area contributed by atoms with Gasteiger partial charge in [0.2, 0.25) is 5.91 Å². The number of Topliss-reactive ketones (excluding diaryl/α,β-unsaturated/α-hetero) is 1. The van der Waals surface area contributed by atoms with Crippen molar-refractivity contribution in [2.24, 2.45) is 11.8 Å². The number of unbranched alkanes of at least 4 members (excludes halogenated alkanes) is 2. The fourth-order valence-corrected chi connectivity index (χ4v) is 9.68. The number of aromatic amines is 1. The minimum Gasteiger partial charge on any atom is -0.382 e. The molecule has 3 aromatic heterocycles. The van der Waals surface area contributed by atoms with Gasteiger partial charge in [-0.3, -0.25) is 51.8 Å². The third-order valence-corrected chi connectivity index (χ3v) is 14.2. The molecule has 1 fully saturated rings. The zero-order valence-corrected chi connectivity index (χ0v) is 51.1. The molecule has 84 heavy (non-hydrogen) atoms. The quantitative estimate of drug-likeness (QED) is 0.0606. The molecular weight excluding hydrogens is 1090 g/mol. The van der Waals surface area contributed by atoms with Crippen molar-refractivity contribution in [3.05, 3.63) is 146 Å². The van der Waals surface area contributed by atoms with Crippen LogP contribution in [0.4, 0.5) is 0 Å². The van der Waals surface area contributed by atoms with E-state index in [9.17, 15) is 38.4 Å². The Hall–Kier alpha value is -6.18. The minimum absolute atomic E-state index is 0.0752. The number of aromatic nitrogens is 6. The molecule has 466 valence electrons. The summed E-state index contributed by atoms with van der Waals surface area (Å²) in [5, 5.41) is 0. The van der Waals surface area contributed by atoms with Crippen LogP contribution in [0.1, 0.15) is 135 Å². The van der Waals surface area contributed by atoms with E-state index < -0.39 is 30.3 Å². The highest BCUT2D eigenvalue weighted by Gasteiger charge is 2.43. The van der Waals surface area contributed by atoms with Gasteiger partial charge in [0.1, 0.15) is 30.2 Å². The van der Waals surface area contributed by atoms with Crippen molar-refractivity contribution in [2.75, 3.05) is 59.9 Å². The van der Waals surface area contributed by atoms with Crippen molar-refractivity contribution in [2.45, 2.75) is 183 Å². The van der Waals surface area contributed by atoms with E-state index in [0.29, 0.717) is 82.4 Å². The molecule has 23 nitrogen and oxygen atoms in total. The first-order valence-electron chi connectivity index (χ1n) is 29.7. The van der Waals surface area contributed by atoms with E-state index in [4.69, 9.17) is 37.9 Å². The van der Waals surface area contributed by atoms with Gasteiger partial charge < -0.3 is 42.8 Å². The van der Waals surface area contributed by atoms with Crippen molar-refractivity contribution in [3.8, 4) is 0 Å². The number of amides is 1. The summed E-state index contributed by atoms with van der Waals surface area (Å²) in [6.07, 6.45) is 24.5. The molecule has 5 aliphatic rings. The van der Waals surface area contributed by atoms with Gasteiger partial charge in [-0.25, -0.2) is 14.4 Å². The number of carbonyl (C=O) groups is 2. The topological polar surface area (TPSA) is 254 Å². The molecule has 0 aromatic carbocycles. The van der Waals surface area contributed by atoms with Crippen LogP contribution in [-0.4, -0.2) is 135 Å². The number of hydrogen-bond acceptors (Lipinski definition) is 16. The van der Waals surface area contributed by atoms with Crippen molar-refractivity contribution >= 4 is 11.7 Å². The Kier molecular flexibility index (Phi) is 28.3. The summed E-state index contributed by atoms with van der Waals surface area (Å²) >= 11 is 0. The molecular formula is C61H91N7O16. The maximum atomic E-state index is 12.7. The van der Waals surface area contributed by atoms with Crippen LogP contribution in [0.2, 0.25) is 0 Å². The van der Waals surface area contributed by atoms with Crippen LogP contribution >= 0.6 is 0 Å². The van der Waals surface area contributed by atoms with Gasteiger partial charge >= 0.3 is 17.1 Å². The molecule has 3 aromatic rings. The second kappa shape index (κ2) is 34.7. The van der Waals surface area contributed by atoms with Gasteiger partial charge in [-0.05, 0) is 84.1 Å². The number of nitrogens with zero attached hydrogens (tertiary/aromatic N) is 6. The number of piperidine rings is 1. The molecule has 2 unspecified atom stereocenters. The summed E-state index contributed by atoms with van der Waals surface area (Å²) in [5.74, 6) is -0.605. The second-order valence-electron chi connectivity index (χ2n) is 21.3. The van der Waals surface area contributed by atoms with Crippen LogP contribution in [0.25, 0.3) is 0 Å². The van der Waals surface area contributed by atoms with Gasteiger partial charge in [-0.2, -0.15) is 0 Å². The summed E-state index contributed by atoms with van der Waals surface area (Å²) < 4.78 is 51.3. The molecule has 8 heterocycles. The lowest BCUT2D eigenvalue weighted by Crippen LogP contribution is -2.54. The van der Waals surface area contributed by atoms with Crippen LogP contribution < -0.4 is 33.7 Å². The smallest absolute Gasteiger partial charge is 0.333 e. The lowest BCUT2D eigenvalue weighted by atomic mass is 9.84. The lowest BCUT2D eigenvalue weighted by Gasteiger charge is -2.38. The number of rotatable bonds is 25. The fraction of sp³-hybridized carbons (Fsp3) is 0.639. The molecule has 10 atom stereocenters. The Labute approximate surface area is 491 Å². The third-order valence-electron chi connectivity index (χ3n) is 14.2. The predicted molar refractivity (Wildman–Crippen MR) is 317 cm³/mol. The van der Waals surface area contributed by atoms with E-state index in [1.54, 1.807) is 64.3 Å². The molecule has 0 saturated carbocycles. The third kappa shape index (κ3) is 18.9. The van der Waals surface area contributed by atoms with Crippen LogP contribution in [0.15, 0.2) is 96.0 Å². The predicted octanol–water partition coefficient (Wildman–Crippen LogP) is 5.71. The minimum atomic E-state index is -0.495. The number of ether oxygens (including phenoxy) is 8. The molecule has 5 aliphatic heterocycles. The molecule has 1 amide bonds. The van der Waals surface area contributed by atoms with E-state index in [1.807, 2.05) is 64.2 Å². The first kappa shape index (κ1) is 68.6. The maximum Gasteiger partial charge on any atom is 0.333 e. The Balaban J connectivity index is 0.000000206. The maximum absolute atomic E-state index is 12.7. The van der Waals surface area contributed by atoms with Crippen molar-refractivity contribution in [1.29, 1.82) is 0 Å². The van der Waals surface area contributed by atoms with E-state index >= 15 is 0 Å². The molecule has 0 bridgehead atoms. The van der Waals surface area contributed by atoms with Gasteiger partial charge in [0.25, 0.3) is 16.7 Å². The van der Waals surface area contributed by atoms with E-state index in [-0.39, 0.29) is 76.3 Å². The summed E-state index contributed by atoms with van der Waals surface area (Å²) in [5.41, 5.74) is -0.474. The summed E-state index contributed by atoms with van der Waals surface area (Å²) in [6, 6.07) is 0. The van der Waals surface area contributed by atoms with Crippen molar-refractivity contribution < 1.29 is 47.5 Å². The zero-order valence-electron chi connectivity index (χ0n) is 51.1. The normalized spacial score (nSPS) is 24.1. The number of methoxy groups -OCH3 is 1. The number of ketones is 1. The van der Waals surface area contributed by atoms with Crippen molar-refractivity contribution in [1.82, 2.24) is 32.7 Å². The Bertz CT molecular complexity index is 3090. The molecule has 1 saturated heterocycles. The number of hydrogen-bond donors (Lipinski definition) is 1. The van der Waals surface area contributed by atoms with E-state index in [0.717, 1.165) is 51.6 Å². The second-order valence-corrected chi connectivity index (χ2v) is 21.3. The molecule has 0 spiro atoms. The monoisotopic (exact) mass is 1180 g/mol. The van der Waals surface area contributed by atoms with Gasteiger partial charge in [-0.1, -0.05) is 85.1 Å². The van der Waals surface area contributed by atoms with E-state index in [1.165, 1.54) is 29.0 Å². The summed E-state index contributed by atoms with van der Waals surface area (Å²) in [7, 11) is 1.60. The van der Waals surface area contributed by atoms with Crippen LogP contribution in [0, 0.1) is 32.6 Å². The SMILES string of the molecule is CCCCOC[C@@H]1C=C[C@H](N2CC(C)C(=O)C(CCCC)C2=O)O1.CCCOC[C@@H]1C=C[C@H](n2cc(C)c(=O)[nH]c2=O)O1.CCCOC[C@@H]1C=C[C@H](n2cc(C)c(=O)n(CCC)c2=O)O1.CCn1c(=O)c(C)cn([C@H]2C=C[C@@H](COC)O2)c1=O. The number of aryl methyl sites for hydroxylation is 3.